The van der Waals surface area contributed by atoms with Crippen LogP contribution in [0.1, 0.15) is 4.88 Å². The number of pyridine rings is 1. The number of carbonyl (C=O) groups excluding carboxylic acids is 2. The Labute approximate surface area is 194 Å². The number of ether oxygens (including phenoxy) is 3. The predicted octanol–water partition coefficient (Wildman–Crippen LogP) is 5.00. The Kier molecular flexibility index (Phi) is 6.70. The molecule has 0 fully saturated rings. The first-order valence-electron chi connectivity index (χ1n) is 9.97. The summed E-state index contributed by atoms with van der Waals surface area (Å²) in [5.74, 6) is 1.95. The fraction of sp³-hybridized carbons (Fsp3) is 0.125. The first kappa shape index (κ1) is 22.1. The summed E-state index contributed by atoms with van der Waals surface area (Å²) in [4.78, 5) is 29.3. The molecule has 0 aliphatic heterocycles. The Hall–Kier alpha value is -4.11. The monoisotopic (exact) mass is 463 g/mol. The SMILES string of the molecule is COc1cc2nccc(Oc3ccc(NC(=O)NC(=O)Cc4cccs4)cc3)c2cc1OC. The van der Waals surface area contributed by atoms with Gasteiger partial charge in [0.05, 0.1) is 26.2 Å². The van der Waals surface area contributed by atoms with Gasteiger partial charge in [-0.2, -0.15) is 0 Å². The molecule has 4 rings (SSSR count). The number of aromatic nitrogens is 1. The number of methoxy groups -OCH3 is 2. The maximum atomic E-state index is 12.1. The van der Waals surface area contributed by atoms with E-state index in [0.717, 1.165) is 10.3 Å². The molecule has 168 valence electrons. The summed E-state index contributed by atoms with van der Waals surface area (Å²) in [5, 5.41) is 7.60. The Bertz CT molecular complexity index is 1270. The van der Waals surface area contributed by atoms with E-state index in [1.807, 2.05) is 23.6 Å². The van der Waals surface area contributed by atoms with Crippen LogP contribution in [0.3, 0.4) is 0 Å². The summed E-state index contributed by atoms with van der Waals surface area (Å²) in [6.07, 6.45) is 1.81. The zero-order valence-corrected chi connectivity index (χ0v) is 18.8. The number of carbonyl (C=O) groups is 2. The minimum atomic E-state index is -0.591. The second-order valence-corrected chi connectivity index (χ2v) is 7.95. The number of thiophene rings is 1. The van der Waals surface area contributed by atoms with Crippen LogP contribution in [0.4, 0.5) is 10.5 Å². The number of hydrogen-bond donors (Lipinski definition) is 2. The topological polar surface area (TPSA) is 98.8 Å². The van der Waals surface area contributed by atoms with Gasteiger partial charge in [-0.25, -0.2) is 4.79 Å². The molecule has 0 spiro atoms. The highest BCUT2D eigenvalue weighted by molar-refractivity contribution is 7.10. The third kappa shape index (κ3) is 5.39. The molecule has 0 saturated heterocycles. The molecule has 8 nitrogen and oxygen atoms in total. The largest absolute Gasteiger partial charge is 0.493 e. The van der Waals surface area contributed by atoms with Gasteiger partial charge in [-0.3, -0.25) is 15.1 Å². The lowest BCUT2D eigenvalue weighted by Crippen LogP contribution is -2.35. The average Bonchev–Trinajstić information content (AvgIpc) is 3.32. The van der Waals surface area contributed by atoms with E-state index in [0.29, 0.717) is 34.2 Å². The minimum absolute atomic E-state index is 0.161. The van der Waals surface area contributed by atoms with Gasteiger partial charge >= 0.3 is 6.03 Å². The maximum Gasteiger partial charge on any atom is 0.325 e. The highest BCUT2D eigenvalue weighted by Crippen LogP contribution is 2.36. The summed E-state index contributed by atoms with van der Waals surface area (Å²) in [7, 11) is 3.14. The molecule has 0 saturated carbocycles. The van der Waals surface area contributed by atoms with E-state index >= 15 is 0 Å². The van der Waals surface area contributed by atoms with Crippen LogP contribution in [0.15, 0.2) is 66.2 Å². The van der Waals surface area contributed by atoms with Gasteiger partial charge in [0.15, 0.2) is 11.5 Å². The minimum Gasteiger partial charge on any atom is -0.493 e. The van der Waals surface area contributed by atoms with Gasteiger partial charge in [0.25, 0.3) is 0 Å². The Morgan fingerprint density at radius 1 is 0.970 bits per heavy atom. The van der Waals surface area contributed by atoms with Crippen LogP contribution in [0.2, 0.25) is 0 Å². The molecule has 0 unspecified atom stereocenters. The molecule has 0 aliphatic carbocycles. The number of imide groups is 1. The summed E-state index contributed by atoms with van der Waals surface area (Å²) in [6.45, 7) is 0. The second kappa shape index (κ2) is 10.0. The normalized spacial score (nSPS) is 10.5. The molecule has 3 amide bonds. The van der Waals surface area contributed by atoms with Crippen molar-refractivity contribution in [2.24, 2.45) is 0 Å². The lowest BCUT2D eigenvalue weighted by Gasteiger charge is -2.12. The van der Waals surface area contributed by atoms with Crippen LogP contribution in [0.25, 0.3) is 10.9 Å². The molecule has 4 aromatic rings. The smallest absolute Gasteiger partial charge is 0.325 e. The zero-order valence-electron chi connectivity index (χ0n) is 18.0. The summed E-state index contributed by atoms with van der Waals surface area (Å²) < 4.78 is 16.7. The summed E-state index contributed by atoms with van der Waals surface area (Å²) in [5.41, 5.74) is 1.22. The van der Waals surface area contributed by atoms with Crippen LogP contribution in [0.5, 0.6) is 23.0 Å². The van der Waals surface area contributed by atoms with Gasteiger partial charge in [-0.1, -0.05) is 6.07 Å². The van der Waals surface area contributed by atoms with Crippen molar-refractivity contribution in [3.63, 3.8) is 0 Å². The molecular weight excluding hydrogens is 442 g/mol. The van der Waals surface area contributed by atoms with Crippen molar-refractivity contribution in [3.8, 4) is 23.0 Å². The molecule has 0 radical (unpaired) electrons. The third-order valence-electron chi connectivity index (χ3n) is 4.71. The first-order valence-corrected chi connectivity index (χ1v) is 10.9. The van der Waals surface area contributed by atoms with Crippen molar-refractivity contribution in [3.05, 3.63) is 71.1 Å². The van der Waals surface area contributed by atoms with Crippen molar-refractivity contribution < 1.29 is 23.8 Å². The Morgan fingerprint density at radius 2 is 1.73 bits per heavy atom. The molecule has 0 atom stereocenters. The number of rotatable bonds is 7. The number of fused-ring (bicyclic) bond motifs is 1. The zero-order chi connectivity index (χ0) is 23.2. The Morgan fingerprint density at radius 3 is 2.42 bits per heavy atom. The molecule has 2 N–H and O–H groups in total. The molecule has 2 aromatic heterocycles. The van der Waals surface area contributed by atoms with Crippen molar-refractivity contribution in [2.45, 2.75) is 6.42 Å². The quantitative estimate of drug-likeness (QED) is 0.400. The van der Waals surface area contributed by atoms with Crippen LogP contribution in [0, 0.1) is 0 Å². The van der Waals surface area contributed by atoms with Gasteiger partial charge in [0, 0.05) is 28.2 Å². The number of hydrogen-bond acceptors (Lipinski definition) is 7. The van der Waals surface area contributed by atoms with Crippen molar-refractivity contribution in [1.29, 1.82) is 0 Å². The van der Waals surface area contributed by atoms with Gasteiger partial charge < -0.3 is 19.5 Å². The van der Waals surface area contributed by atoms with E-state index in [9.17, 15) is 9.59 Å². The number of nitrogens with one attached hydrogen (secondary N) is 2. The molecule has 9 heteroatoms. The fourth-order valence-corrected chi connectivity index (χ4v) is 3.88. The van der Waals surface area contributed by atoms with E-state index in [1.54, 1.807) is 56.8 Å². The molecule has 0 bridgehead atoms. The number of nitrogens with zero attached hydrogens (tertiary/aromatic N) is 1. The van der Waals surface area contributed by atoms with Crippen LogP contribution < -0.4 is 24.8 Å². The molecule has 2 aromatic carbocycles. The molecule has 0 aliphatic rings. The van der Waals surface area contributed by atoms with Gasteiger partial charge in [0.2, 0.25) is 5.91 Å². The van der Waals surface area contributed by atoms with E-state index in [-0.39, 0.29) is 12.3 Å². The summed E-state index contributed by atoms with van der Waals surface area (Å²) in [6, 6.07) is 15.3. The van der Waals surface area contributed by atoms with Crippen molar-refractivity contribution in [1.82, 2.24) is 10.3 Å². The van der Waals surface area contributed by atoms with E-state index in [1.165, 1.54) is 11.3 Å². The fourth-order valence-electron chi connectivity index (χ4n) is 3.17. The average molecular weight is 464 g/mol. The standard InChI is InChI=1S/C24H21N3O5S/c1-30-21-13-18-19(14-22(21)31-2)25-10-9-20(18)32-16-7-5-15(6-8-16)26-24(29)27-23(28)12-17-4-3-11-33-17/h3-11,13-14H,12H2,1-2H3,(H2,26,27,28,29). The molecular formula is C24H21N3O5S. The number of benzene rings is 2. The second-order valence-electron chi connectivity index (χ2n) is 6.92. The van der Waals surface area contributed by atoms with E-state index in [4.69, 9.17) is 14.2 Å². The first-order chi connectivity index (χ1) is 16.1. The third-order valence-corrected chi connectivity index (χ3v) is 5.59. The molecule has 2 heterocycles. The van der Waals surface area contributed by atoms with E-state index < -0.39 is 6.03 Å². The van der Waals surface area contributed by atoms with Crippen LogP contribution in [-0.4, -0.2) is 31.1 Å². The summed E-state index contributed by atoms with van der Waals surface area (Å²) >= 11 is 1.47. The van der Waals surface area contributed by atoms with Crippen molar-refractivity contribution >= 4 is 39.9 Å². The highest BCUT2D eigenvalue weighted by atomic mass is 32.1. The number of anilines is 1. The maximum absolute atomic E-state index is 12.1. The van der Waals surface area contributed by atoms with Crippen LogP contribution in [-0.2, 0) is 11.2 Å². The predicted molar refractivity (Wildman–Crippen MR) is 127 cm³/mol. The van der Waals surface area contributed by atoms with Gasteiger partial charge in [-0.15, -0.1) is 11.3 Å². The lowest BCUT2D eigenvalue weighted by molar-refractivity contribution is -0.119. The van der Waals surface area contributed by atoms with Gasteiger partial charge in [0.1, 0.15) is 11.5 Å². The Balaban J connectivity index is 1.42. The van der Waals surface area contributed by atoms with Gasteiger partial charge in [-0.05, 0) is 47.8 Å². The van der Waals surface area contributed by atoms with Crippen molar-refractivity contribution in [2.75, 3.05) is 19.5 Å². The highest BCUT2D eigenvalue weighted by Gasteiger charge is 2.12. The van der Waals surface area contributed by atoms with E-state index in [2.05, 4.69) is 15.6 Å². The number of urea groups is 1. The number of amides is 3. The van der Waals surface area contributed by atoms with Crippen LogP contribution >= 0.6 is 11.3 Å². The lowest BCUT2D eigenvalue weighted by atomic mass is 10.2. The molecule has 33 heavy (non-hydrogen) atoms.